The van der Waals surface area contributed by atoms with Crippen molar-refractivity contribution in [2.45, 2.75) is 20.8 Å². The Morgan fingerprint density at radius 3 is 0.577 bits per heavy atom. The summed E-state index contributed by atoms with van der Waals surface area (Å²) in [6.07, 6.45) is 0. The van der Waals surface area contributed by atoms with Crippen LogP contribution in [0.25, 0.3) is 0 Å². The fourth-order valence-electron chi connectivity index (χ4n) is 0. The van der Waals surface area contributed by atoms with Gasteiger partial charge in [0.25, 0.3) is 0 Å². The maximum Gasteiger partial charge on any atom is 0.309 e. The molecule has 0 aromatic carbocycles. The van der Waals surface area contributed by atoms with Crippen molar-refractivity contribution < 1.29 is 47.1 Å². The van der Waals surface area contributed by atoms with Crippen molar-refractivity contribution in [3.05, 3.63) is 0 Å². The molecule has 0 heterocycles. The fourth-order valence-corrected chi connectivity index (χ4v) is 0. The van der Waals surface area contributed by atoms with Gasteiger partial charge in [-0.2, -0.15) is 7.82 Å². The molecule has 0 N–H and O–H groups in total. The largest absolute Gasteiger partial charge is 0.822 e. The third-order valence-electron chi connectivity index (χ3n) is 2.83. The summed E-state index contributed by atoms with van der Waals surface area (Å²) in [5.41, 5.74) is 0. The smallest absolute Gasteiger partial charge is 0.309 e. The Morgan fingerprint density at radius 2 is 0.577 bits per heavy atom. The summed E-state index contributed by atoms with van der Waals surface area (Å²) in [5.74, 6) is 0.542. The molecule has 0 saturated carbocycles. The quantitative estimate of drug-likeness (QED) is 0.335. The minimum absolute atomic E-state index is 0.181. The molecule has 0 aliphatic rings. The van der Waals surface area contributed by atoms with Gasteiger partial charge < -0.3 is 19.2 Å². The Hall–Kier alpha value is -1.00. The summed E-state index contributed by atoms with van der Waals surface area (Å²) in [4.78, 5) is 57.0. The van der Waals surface area contributed by atoms with Gasteiger partial charge in [0.15, 0.2) is 0 Å². The molecule has 10 nitrogen and oxygen atoms in total. The number of hydrogen-bond acceptors (Lipinski definition) is 7. The van der Waals surface area contributed by atoms with Crippen molar-refractivity contribution in [2.24, 2.45) is 0 Å². The summed E-state index contributed by atoms with van der Waals surface area (Å²) < 4.78 is 9.80. The Bertz CT molecular complexity index is 430. The molecule has 0 atom stereocenters. The molecule has 3 amide bonds. The van der Waals surface area contributed by atoms with Gasteiger partial charge in [-0.1, -0.05) is 0 Å². The lowest BCUT2D eigenvalue weighted by Crippen LogP contribution is -2.38. The van der Waals surface area contributed by atoms with Gasteiger partial charge in [-0.25, -0.2) is 14.4 Å². The fraction of sp³-hybridized carbons (Fsp3) is 0.800. The SMILES string of the molecule is CC(=O)[N+](C)(C)C.CC(=O)[N+](C)(C)C.CC(=O)[N+](C)(C)C.O=P([O-])([O-])[O-]. The molecule has 0 aromatic rings. The van der Waals surface area contributed by atoms with E-state index in [0.29, 0.717) is 13.4 Å². The molecule has 0 unspecified atom stereocenters. The van der Waals surface area contributed by atoms with Crippen molar-refractivity contribution >= 4 is 25.5 Å². The third kappa shape index (κ3) is 38.5. The van der Waals surface area contributed by atoms with E-state index in [9.17, 15) is 14.4 Å². The van der Waals surface area contributed by atoms with Crippen LogP contribution in [0.1, 0.15) is 20.8 Å². The second-order valence-corrected chi connectivity index (χ2v) is 8.94. The first kappa shape index (κ1) is 32.7. The Kier molecular flexibility index (Phi) is 15.6. The van der Waals surface area contributed by atoms with Gasteiger partial charge in [0.1, 0.15) is 0 Å². The molecule has 0 bridgehead atoms. The second-order valence-electron chi connectivity index (χ2n) is 8.04. The van der Waals surface area contributed by atoms with Crippen molar-refractivity contribution in [3.8, 4) is 0 Å². The van der Waals surface area contributed by atoms with Gasteiger partial charge in [-0.05, 0) is 0 Å². The van der Waals surface area contributed by atoms with Crippen molar-refractivity contribution in [1.29, 1.82) is 0 Å². The summed E-state index contributed by atoms with van der Waals surface area (Å²) in [6, 6.07) is 0. The molecule has 158 valence electrons. The van der Waals surface area contributed by atoms with Gasteiger partial charge in [0.05, 0.1) is 84.2 Å². The highest BCUT2D eigenvalue weighted by atomic mass is 31.2. The van der Waals surface area contributed by atoms with Gasteiger partial charge in [0.2, 0.25) is 0 Å². The zero-order chi connectivity index (χ0) is 22.7. The van der Waals surface area contributed by atoms with E-state index in [0.717, 1.165) is 0 Å². The Labute approximate surface area is 157 Å². The molecule has 0 fully saturated rings. The first-order chi connectivity index (χ1) is 10.8. The lowest BCUT2D eigenvalue weighted by atomic mass is 10.5. The number of carbonyl (C=O) groups excluding carboxylic acids is 3. The van der Waals surface area contributed by atoms with Gasteiger partial charge in [0, 0.05) is 0 Å². The normalized spacial score (nSPS) is 11.5. The topological polar surface area (TPSA) is 137 Å². The molecule has 0 spiro atoms. The Morgan fingerprint density at radius 1 is 0.538 bits per heavy atom. The van der Waals surface area contributed by atoms with Gasteiger partial charge in [-0.15, -0.1) is 0 Å². The summed E-state index contributed by atoms with van der Waals surface area (Å²) >= 11 is 0. The number of hydrogen-bond donors (Lipinski definition) is 0. The zero-order valence-corrected chi connectivity index (χ0v) is 19.0. The molecule has 0 aliphatic heterocycles. The first-order valence-electron chi connectivity index (χ1n) is 7.54. The van der Waals surface area contributed by atoms with Crippen LogP contribution in [0.4, 0.5) is 0 Å². The lowest BCUT2D eigenvalue weighted by molar-refractivity contribution is -0.791. The number of quaternary nitrogens is 3. The monoisotopic (exact) mass is 401 g/mol. The number of rotatable bonds is 0. The number of carbonyl (C=O) groups is 3. The van der Waals surface area contributed by atoms with Crippen LogP contribution in [0.3, 0.4) is 0 Å². The number of phosphoric acid groups is 1. The summed E-state index contributed by atoms with van der Waals surface area (Å²) in [6.45, 7) is 4.75. The maximum atomic E-state index is 10.4. The second kappa shape index (κ2) is 12.4. The van der Waals surface area contributed by atoms with Crippen molar-refractivity contribution in [1.82, 2.24) is 0 Å². The van der Waals surface area contributed by atoms with E-state index in [1.54, 1.807) is 20.8 Å². The van der Waals surface area contributed by atoms with E-state index in [-0.39, 0.29) is 17.7 Å². The van der Waals surface area contributed by atoms with Crippen LogP contribution in [0.2, 0.25) is 0 Å². The van der Waals surface area contributed by atoms with Crippen LogP contribution in [-0.4, -0.2) is 94.6 Å². The van der Waals surface area contributed by atoms with Gasteiger partial charge in [-0.3, -0.25) is 13.4 Å². The van der Waals surface area contributed by atoms with E-state index < -0.39 is 7.82 Å². The van der Waals surface area contributed by atoms with E-state index in [1.807, 2.05) is 63.4 Å². The Balaban J connectivity index is -0.000000125. The third-order valence-corrected chi connectivity index (χ3v) is 2.83. The molecular weight excluding hydrogens is 365 g/mol. The van der Waals surface area contributed by atoms with Crippen molar-refractivity contribution in [3.63, 3.8) is 0 Å². The molecule has 0 rings (SSSR count). The number of nitrogens with zero attached hydrogens (tertiary/aromatic N) is 3. The highest BCUT2D eigenvalue weighted by Gasteiger charge is 2.13. The van der Waals surface area contributed by atoms with Crippen LogP contribution in [-0.2, 0) is 18.9 Å². The maximum absolute atomic E-state index is 10.4. The average molecular weight is 401 g/mol. The molecule has 11 heteroatoms. The minimum Gasteiger partial charge on any atom is -0.822 e. The predicted octanol–water partition coefficient (Wildman–Crippen LogP) is -2.11. The van der Waals surface area contributed by atoms with Crippen molar-refractivity contribution in [2.75, 3.05) is 63.4 Å². The van der Waals surface area contributed by atoms with E-state index in [2.05, 4.69) is 0 Å². The molecule has 0 radical (unpaired) electrons. The molecular formula is C15H36N3O7P. The first-order valence-corrected chi connectivity index (χ1v) is 9.00. The molecule has 26 heavy (non-hydrogen) atoms. The molecule has 0 aromatic heterocycles. The van der Waals surface area contributed by atoms with Gasteiger partial charge >= 0.3 is 17.7 Å². The van der Waals surface area contributed by atoms with Crippen LogP contribution in [0.5, 0.6) is 0 Å². The van der Waals surface area contributed by atoms with Crippen LogP contribution in [0, 0.1) is 0 Å². The number of amides is 3. The molecule has 0 saturated heterocycles. The highest BCUT2D eigenvalue weighted by Crippen LogP contribution is 2.03. The lowest BCUT2D eigenvalue weighted by Gasteiger charge is -2.36. The standard InChI is InChI=1S/3C5H12NO.H3O4P/c3*1-5(7)6(2,3)4;1-5(2,3)4/h3*1-4H3;(H3,1,2,3,4)/q3*+1;/p-3. The average Bonchev–Trinajstić information content (AvgIpc) is 2.23. The minimum atomic E-state index is -5.39. The summed E-state index contributed by atoms with van der Waals surface area (Å²) in [7, 11) is 11.3. The zero-order valence-electron chi connectivity index (χ0n) is 18.1. The van der Waals surface area contributed by atoms with E-state index >= 15 is 0 Å². The van der Waals surface area contributed by atoms with E-state index in [1.165, 1.54) is 0 Å². The van der Waals surface area contributed by atoms with Crippen LogP contribution >= 0.6 is 7.82 Å². The predicted molar refractivity (Wildman–Crippen MR) is 93.7 cm³/mol. The van der Waals surface area contributed by atoms with Crippen LogP contribution in [0.15, 0.2) is 0 Å². The van der Waals surface area contributed by atoms with Crippen LogP contribution < -0.4 is 14.7 Å². The molecule has 0 aliphatic carbocycles. The summed E-state index contributed by atoms with van der Waals surface area (Å²) in [5, 5.41) is 0. The highest BCUT2D eigenvalue weighted by molar-refractivity contribution is 7.40. The van der Waals surface area contributed by atoms with E-state index in [4.69, 9.17) is 19.2 Å².